The molecule has 1 aliphatic heterocycles. The molecule has 2 heterocycles. The largest absolute Gasteiger partial charge is 0.307 e. The first kappa shape index (κ1) is 10.5. The molecule has 3 rings (SSSR count). The molecule has 0 atom stereocenters. The van der Waals surface area contributed by atoms with Crippen molar-refractivity contribution in [2.24, 2.45) is 0 Å². The Morgan fingerprint density at radius 2 is 2.06 bits per heavy atom. The number of hydrogen-bond acceptors (Lipinski definition) is 2. The first-order chi connectivity index (χ1) is 8.25. The number of thiophene rings is 1. The van der Waals surface area contributed by atoms with E-state index in [0.717, 1.165) is 23.5 Å². The number of amides is 1. The maximum Gasteiger partial charge on any atom is 0.268 e. The third-order valence-corrected chi connectivity index (χ3v) is 4.07. The van der Waals surface area contributed by atoms with Crippen LogP contribution >= 0.6 is 11.3 Å². The van der Waals surface area contributed by atoms with Crippen molar-refractivity contribution in [1.82, 2.24) is 0 Å². The lowest BCUT2D eigenvalue weighted by Gasteiger charge is -2.16. The van der Waals surface area contributed by atoms with E-state index in [1.165, 1.54) is 10.4 Å². The predicted molar refractivity (Wildman–Crippen MR) is 70.9 cm³/mol. The van der Waals surface area contributed by atoms with E-state index in [2.05, 4.69) is 6.07 Å². The number of nitrogens with zero attached hydrogens (tertiary/aromatic N) is 1. The number of hydrogen-bond donors (Lipinski definition) is 0. The Hall–Kier alpha value is -1.61. The number of aryl methyl sites for hydroxylation is 1. The Morgan fingerprint density at radius 3 is 2.82 bits per heavy atom. The van der Waals surface area contributed by atoms with E-state index in [9.17, 15) is 4.79 Å². The molecule has 0 saturated heterocycles. The van der Waals surface area contributed by atoms with Gasteiger partial charge < -0.3 is 4.90 Å². The Balaban J connectivity index is 1.95. The Morgan fingerprint density at radius 1 is 1.24 bits per heavy atom. The molecule has 0 spiro atoms. The monoisotopic (exact) mass is 243 g/mol. The topological polar surface area (TPSA) is 20.3 Å². The second-order valence-electron chi connectivity index (χ2n) is 4.25. The minimum absolute atomic E-state index is 0.132. The van der Waals surface area contributed by atoms with Crippen LogP contribution in [-0.2, 0) is 6.42 Å². The van der Waals surface area contributed by atoms with Crippen molar-refractivity contribution >= 4 is 22.9 Å². The summed E-state index contributed by atoms with van der Waals surface area (Å²) >= 11 is 1.57. The van der Waals surface area contributed by atoms with Crippen LogP contribution in [0.15, 0.2) is 36.4 Å². The molecule has 86 valence electrons. The third-order valence-electron chi connectivity index (χ3n) is 3.08. The second kappa shape index (κ2) is 4.00. The lowest BCUT2D eigenvalue weighted by atomic mass is 10.2. The molecule has 17 heavy (non-hydrogen) atoms. The molecule has 0 unspecified atom stereocenters. The van der Waals surface area contributed by atoms with Crippen molar-refractivity contribution in [2.75, 3.05) is 11.4 Å². The van der Waals surface area contributed by atoms with E-state index >= 15 is 0 Å². The molecule has 3 heteroatoms. The van der Waals surface area contributed by atoms with Gasteiger partial charge in [0.25, 0.3) is 5.91 Å². The van der Waals surface area contributed by atoms with E-state index in [1.54, 1.807) is 11.3 Å². The number of carbonyl (C=O) groups is 1. The summed E-state index contributed by atoms with van der Waals surface area (Å²) in [5.74, 6) is 0.132. The van der Waals surface area contributed by atoms with Crippen LogP contribution in [0.4, 0.5) is 5.69 Å². The van der Waals surface area contributed by atoms with Crippen molar-refractivity contribution in [1.29, 1.82) is 0 Å². The zero-order valence-corrected chi connectivity index (χ0v) is 10.5. The number of carbonyl (C=O) groups excluding carboxylic acids is 1. The first-order valence-corrected chi connectivity index (χ1v) is 6.53. The molecule has 0 radical (unpaired) electrons. The van der Waals surface area contributed by atoms with Crippen LogP contribution in [-0.4, -0.2) is 12.5 Å². The average Bonchev–Trinajstić information content (AvgIpc) is 2.94. The fraction of sp³-hybridized carbons (Fsp3) is 0.214. The molecule has 0 saturated carbocycles. The van der Waals surface area contributed by atoms with Gasteiger partial charge in [0.1, 0.15) is 0 Å². The van der Waals surface area contributed by atoms with Crippen LogP contribution in [0.5, 0.6) is 0 Å². The van der Waals surface area contributed by atoms with E-state index in [4.69, 9.17) is 0 Å². The number of anilines is 1. The van der Waals surface area contributed by atoms with Crippen molar-refractivity contribution < 1.29 is 4.79 Å². The molecule has 0 bridgehead atoms. The first-order valence-electron chi connectivity index (χ1n) is 5.72. The van der Waals surface area contributed by atoms with Gasteiger partial charge >= 0.3 is 0 Å². The van der Waals surface area contributed by atoms with E-state index in [-0.39, 0.29) is 5.91 Å². The Kier molecular flexibility index (Phi) is 2.48. The van der Waals surface area contributed by atoms with E-state index in [1.807, 2.05) is 42.2 Å². The van der Waals surface area contributed by atoms with Crippen molar-refractivity contribution in [2.45, 2.75) is 13.3 Å². The summed E-state index contributed by atoms with van der Waals surface area (Å²) in [5.41, 5.74) is 2.35. The molecule has 2 nitrogen and oxygen atoms in total. The van der Waals surface area contributed by atoms with Crippen LogP contribution in [0.25, 0.3) is 0 Å². The summed E-state index contributed by atoms with van der Waals surface area (Å²) < 4.78 is 0. The van der Waals surface area contributed by atoms with Gasteiger partial charge in [-0.15, -0.1) is 11.3 Å². The summed E-state index contributed by atoms with van der Waals surface area (Å²) in [6.45, 7) is 2.83. The van der Waals surface area contributed by atoms with Crippen molar-refractivity contribution in [3.05, 3.63) is 51.7 Å². The molecule has 1 aromatic heterocycles. The summed E-state index contributed by atoms with van der Waals surface area (Å²) in [6.07, 6.45) is 0.965. The van der Waals surface area contributed by atoms with Gasteiger partial charge in [0.05, 0.1) is 4.88 Å². The maximum atomic E-state index is 12.4. The highest BCUT2D eigenvalue weighted by Crippen LogP contribution is 2.30. The summed E-state index contributed by atoms with van der Waals surface area (Å²) in [6, 6.07) is 12.1. The SMILES string of the molecule is Cc1ccc(C(=O)N2CCc3ccccc32)s1. The zero-order valence-electron chi connectivity index (χ0n) is 9.64. The van der Waals surface area contributed by atoms with Gasteiger partial charge in [0.15, 0.2) is 0 Å². The standard InChI is InChI=1S/C14H13NOS/c1-10-6-7-13(17-10)14(16)15-9-8-11-4-2-3-5-12(11)15/h2-7H,8-9H2,1H3. The molecule has 0 aliphatic carbocycles. The average molecular weight is 243 g/mol. The Labute approximate surface area is 105 Å². The summed E-state index contributed by atoms with van der Waals surface area (Å²) in [4.78, 5) is 16.3. The minimum atomic E-state index is 0.132. The van der Waals surface area contributed by atoms with E-state index < -0.39 is 0 Å². The van der Waals surface area contributed by atoms with Crippen LogP contribution in [0.3, 0.4) is 0 Å². The third kappa shape index (κ3) is 1.76. The lowest BCUT2D eigenvalue weighted by molar-refractivity contribution is 0.0993. The zero-order chi connectivity index (χ0) is 11.8. The quantitative estimate of drug-likeness (QED) is 0.753. The summed E-state index contributed by atoms with van der Waals surface area (Å²) in [7, 11) is 0. The molecular weight excluding hydrogens is 230 g/mol. The normalized spacial score (nSPS) is 13.8. The fourth-order valence-electron chi connectivity index (χ4n) is 2.23. The second-order valence-corrected chi connectivity index (χ2v) is 5.53. The highest BCUT2D eigenvalue weighted by atomic mass is 32.1. The molecule has 1 aromatic carbocycles. The minimum Gasteiger partial charge on any atom is -0.307 e. The van der Waals surface area contributed by atoms with Gasteiger partial charge in [-0.2, -0.15) is 0 Å². The van der Waals surface area contributed by atoms with Crippen LogP contribution in [0.2, 0.25) is 0 Å². The number of fused-ring (bicyclic) bond motifs is 1. The van der Waals surface area contributed by atoms with Crippen molar-refractivity contribution in [3.8, 4) is 0 Å². The summed E-state index contributed by atoms with van der Waals surface area (Å²) in [5, 5.41) is 0. The van der Waals surface area contributed by atoms with Gasteiger partial charge in [-0.1, -0.05) is 18.2 Å². The highest BCUT2D eigenvalue weighted by molar-refractivity contribution is 7.14. The molecule has 1 amide bonds. The number of benzene rings is 1. The molecule has 0 N–H and O–H groups in total. The Bertz CT molecular complexity index is 573. The number of para-hydroxylation sites is 1. The van der Waals surface area contributed by atoms with Crippen molar-refractivity contribution in [3.63, 3.8) is 0 Å². The van der Waals surface area contributed by atoms with Crippen LogP contribution in [0, 0.1) is 6.92 Å². The molecule has 2 aromatic rings. The lowest BCUT2D eigenvalue weighted by Crippen LogP contribution is -2.28. The molecule has 0 fully saturated rings. The maximum absolute atomic E-state index is 12.4. The molecular formula is C14H13NOS. The fourth-order valence-corrected chi connectivity index (χ4v) is 3.05. The smallest absolute Gasteiger partial charge is 0.268 e. The predicted octanol–water partition coefficient (Wildman–Crippen LogP) is 3.26. The highest BCUT2D eigenvalue weighted by Gasteiger charge is 2.25. The van der Waals surface area contributed by atoms with Crippen LogP contribution in [0.1, 0.15) is 20.1 Å². The van der Waals surface area contributed by atoms with Gasteiger partial charge in [-0.25, -0.2) is 0 Å². The van der Waals surface area contributed by atoms with Gasteiger partial charge in [-0.3, -0.25) is 4.79 Å². The van der Waals surface area contributed by atoms with Crippen LogP contribution < -0.4 is 4.90 Å². The van der Waals surface area contributed by atoms with Gasteiger partial charge in [0, 0.05) is 17.1 Å². The molecule has 1 aliphatic rings. The van der Waals surface area contributed by atoms with Gasteiger partial charge in [-0.05, 0) is 37.1 Å². The van der Waals surface area contributed by atoms with Gasteiger partial charge in [0.2, 0.25) is 0 Å². The number of rotatable bonds is 1. The van der Waals surface area contributed by atoms with E-state index in [0.29, 0.717) is 0 Å².